The van der Waals surface area contributed by atoms with Crippen LogP contribution >= 0.6 is 0 Å². The molecule has 0 bridgehead atoms. The molecule has 0 saturated carbocycles. The van der Waals surface area contributed by atoms with Gasteiger partial charge in [0.25, 0.3) is 0 Å². The van der Waals surface area contributed by atoms with Gasteiger partial charge < -0.3 is 37.9 Å². The first kappa shape index (κ1) is 44.1. The lowest BCUT2D eigenvalue weighted by atomic mass is 10.1. The minimum absolute atomic E-state index is 0.251. The smallest absolute Gasteiger partial charge is 0.338 e. The number of carboxylic acids is 1. The summed E-state index contributed by atoms with van der Waals surface area (Å²) in [5.41, 5.74) is 10.4. The molecule has 2 heterocycles. The maximum atomic E-state index is 12.3. The van der Waals surface area contributed by atoms with Gasteiger partial charge >= 0.3 is 11.9 Å². The van der Waals surface area contributed by atoms with Crippen molar-refractivity contribution in [1.29, 1.82) is 0 Å². The first-order valence-electron chi connectivity index (χ1n) is 20.9. The monoisotopic (exact) mass is 854 g/mol. The van der Waals surface area contributed by atoms with E-state index in [0.29, 0.717) is 25.4 Å². The number of hydrogen-bond donors (Lipinski definition) is 1. The van der Waals surface area contributed by atoms with Gasteiger partial charge in [-0.05, 0) is 141 Å². The van der Waals surface area contributed by atoms with Gasteiger partial charge in [0.2, 0.25) is 0 Å². The standard InChI is InChI=1S/C28H27NO4.C26H23NO4/c1-4-32-28(30)22-8-7-9-23(18-22)29-20(2)12-17-26(29)25-10-5-6-11-27(25)33-19-21-13-15-24(31-3)16-14-21;1-18-10-15-24(27(18)21-7-5-6-20(16-21)26(28)29)23-8-3-4-9-25(23)31-17-19-11-13-22(30-2)14-12-19/h5-18H,4,19H2,1-3H3;3-16H,17H2,1-2H3,(H,28,29). The zero-order valence-electron chi connectivity index (χ0n) is 36.5. The molecule has 0 unspecified atom stereocenters. The average Bonchev–Trinajstić information content (AvgIpc) is 3.92. The summed E-state index contributed by atoms with van der Waals surface area (Å²) in [5.74, 6) is 1.89. The van der Waals surface area contributed by atoms with E-state index in [1.54, 1.807) is 45.4 Å². The molecule has 8 rings (SSSR count). The van der Waals surface area contributed by atoms with Crippen molar-refractivity contribution in [2.24, 2.45) is 0 Å². The van der Waals surface area contributed by atoms with Crippen LogP contribution in [-0.2, 0) is 18.0 Å². The molecule has 0 saturated heterocycles. The van der Waals surface area contributed by atoms with Crippen LogP contribution in [0.2, 0.25) is 0 Å². The van der Waals surface area contributed by atoms with Gasteiger partial charge in [-0.15, -0.1) is 0 Å². The molecule has 64 heavy (non-hydrogen) atoms. The fraction of sp³-hybridized carbons (Fsp3) is 0.148. The number of aromatic nitrogens is 2. The number of rotatable bonds is 15. The Kier molecular flexibility index (Phi) is 14.3. The van der Waals surface area contributed by atoms with Crippen molar-refractivity contribution < 1.29 is 38.4 Å². The number of carbonyl (C=O) groups excluding carboxylic acids is 1. The van der Waals surface area contributed by atoms with Crippen molar-refractivity contribution in [3.8, 4) is 56.9 Å². The van der Waals surface area contributed by atoms with E-state index >= 15 is 0 Å². The molecular weight excluding hydrogens is 805 g/mol. The highest BCUT2D eigenvalue weighted by Gasteiger charge is 2.17. The summed E-state index contributed by atoms with van der Waals surface area (Å²) in [6, 6.07) is 54.1. The Morgan fingerprint density at radius 3 is 1.39 bits per heavy atom. The van der Waals surface area contributed by atoms with Gasteiger partial charge in [-0.3, -0.25) is 0 Å². The number of ether oxygens (including phenoxy) is 5. The van der Waals surface area contributed by atoms with Crippen molar-refractivity contribution in [3.05, 3.63) is 203 Å². The highest BCUT2D eigenvalue weighted by atomic mass is 16.5. The molecule has 0 aliphatic heterocycles. The predicted octanol–water partition coefficient (Wildman–Crippen LogP) is 12.0. The van der Waals surface area contributed by atoms with Gasteiger partial charge in [-0.2, -0.15) is 0 Å². The maximum absolute atomic E-state index is 12.3. The van der Waals surface area contributed by atoms with E-state index in [4.69, 9.17) is 23.7 Å². The number of hydrogen-bond acceptors (Lipinski definition) is 7. The summed E-state index contributed by atoms with van der Waals surface area (Å²) in [6.07, 6.45) is 0. The SMILES string of the molecule is CCOC(=O)c1cccc(-n2c(C)ccc2-c2ccccc2OCc2ccc(OC)cc2)c1.COc1ccc(COc2ccccc2-c2ccc(C)n2-c2cccc(C(=O)O)c2)cc1. The molecule has 0 amide bonds. The normalized spacial score (nSPS) is 10.6. The number of methoxy groups -OCH3 is 2. The third-order valence-electron chi connectivity index (χ3n) is 10.6. The number of nitrogens with zero attached hydrogens (tertiary/aromatic N) is 2. The summed E-state index contributed by atoms with van der Waals surface area (Å²) in [7, 11) is 3.30. The molecule has 0 aliphatic rings. The Hall–Kier alpha value is -7.98. The second-order valence-corrected chi connectivity index (χ2v) is 14.8. The molecule has 10 heteroatoms. The van der Waals surface area contributed by atoms with Crippen LogP contribution in [0.25, 0.3) is 33.9 Å². The fourth-order valence-electron chi connectivity index (χ4n) is 7.32. The quantitative estimate of drug-likeness (QED) is 0.102. The van der Waals surface area contributed by atoms with E-state index < -0.39 is 5.97 Å². The topological polar surface area (TPSA) is 110 Å². The molecule has 0 radical (unpaired) electrons. The number of carboxylic acid groups (broad SMARTS) is 1. The lowest BCUT2D eigenvalue weighted by Crippen LogP contribution is -2.07. The first-order valence-corrected chi connectivity index (χ1v) is 20.9. The Labute approximate surface area is 373 Å². The average molecular weight is 855 g/mol. The first-order chi connectivity index (χ1) is 31.2. The van der Waals surface area contributed by atoms with Crippen molar-refractivity contribution >= 4 is 11.9 Å². The lowest BCUT2D eigenvalue weighted by Gasteiger charge is -2.16. The minimum atomic E-state index is -0.948. The largest absolute Gasteiger partial charge is 0.497 e. The van der Waals surface area contributed by atoms with Crippen LogP contribution in [0, 0.1) is 13.8 Å². The number of para-hydroxylation sites is 2. The van der Waals surface area contributed by atoms with Crippen LogP contribution in [0.15, 0.2) is 170 Å². The van der Waals surface area contributed by atoms with Crippen LogP contribution in [0.3, 0.4) is 0 Å². The van der Waals surface area contributed by atoms with Gasteiger partial charge in [0.1, 0.15) is 36.2 Å². The Balaban J connectivity index is 0.000000192. The fourth-order valence-corrected chi connectivity index (χ4v) is 7.32. The predicted molar refractivity (Wildman–Crippen MR) is 249 cm³/mol. The number of carbonyl (C=O) groups is 2. The minimum Gasteiger partial charge on any atom is -0.497 e. The van der Waals surface area contributed by atoms with E-state index in [1.165, 1.54) is 0 Å². The van der Waals surface area contributed by atoms with Gasteiger partial charge in [-0.25, -0.2) is 9.59 Å². The number of aromatic carboxylic acids is 1. The van der Waals surface area contributed by atoms with Gasteiger partial charge in [-0.1, -0.05) is 60.7 Å². The maximum Gasteiger partial charge on any atom is 0.338 e. The van der Waals surface area contributed by atoms with E-state index in [2.05, 4.69) is 16.7 Å². The Morgan fingerprint density at radius 1 is 0.516 bits per heavy atom. The molecule has 6 aromatic carbocycles. The molecule has 0 fully saturated rings. The third-order valence-corrected chi connectivity index (χ3v) is 10.6. The van der Waals surface area contributed by atoms with Gasteiger partial charge in [0.15, 0.2) is 0 Å². The second-order valence-electron chi connectivity index (χ2n) is 14.8. The van der Waals surface area contributed by atoms with Crippen molar-refractivity contribution in [2.75, 3.05) is 20.8 Å². The molecule has 0 aliphatic carbocycles. The number of esters is 1. The van der Waals surface area contributed by atoms with Crippen molar-refractivity contribution in [2.45, 2.75) is 34.0 Å². The zero-order chi connectivity index (χ0) is 45.0. The molecule has 324 valence electrons. The second kappa shape index (κ2) is 20.7. The van der Waals surface area contributed by atoms with E-state index in [-0.39, 0.29) is 11.5 Å². The molecule has 0 atom stereocenters. The summed E-state index contributed by atoms with van der Waals surface area (Å²) in [5, 5.41) is 9.38. The molecule has 2 aromatic heterocycles. The highest BCUT2D eigenvalue weighted by Crippen LogP contribution is 2.36. The number of benzene rings is 6. The van der Waals surface area contributed by atoms with Gasteiger partial charge in [0.05, 0.1) is 43.3 Å². The number of aryl methyl sites for hydroxylation is 2. The van der Waals surface area contributed by atoms with E-state index in [9.17, 15) is 14.7 Å². The van der Waals surface area contributed by atoms with Crippen LogP contribution in [-0.4, -0.2) is 47.0 Å². The molecule has 10 nitrogen and oxygen atoms in total. The molecule has 8 aromatic rings. The highest BCUT2D eigenvalue weighted by molar-refractivity contribution is 5.90. The Bertz CT molecular complexity index is 2840. The van der Waals surface area contributed by atoms with Crippen LogP contribution in [0.5, 0.6) is 23.0 Å². The lowest BCUT2D eigenvalue weighted by molar-refractivity contribution is 0.0525. The van der Waals surface area contributed by atoms with Gasteiger partial charge in [0, 0.05) is 33.9 Å². The van der Waals surface area contributed by atoms with Crippen molar-refractivity contribution in [1.82, 2.24) is 9.13 Å². The third kappa shape index (κ3) is 10.4. The molecule has 1 N–H and O–H groups in total. The van der Waals surface area contributed by atoms with Crippen LogP contribution < -0.4 is 18.9 Å². The summed E-state index contributed by atoms with van der Waals surface area (Å²) in [6.45, 7) is 7.06. The summed E-state index contributed by atoms with van der Waals surface area (Å²) in [4.78, 5) is 23.7. The van der Waals surface area contributed by atoms with Crippen molar-refractivity contribution in [3.63, 3.8) is 0 Å². The van der Waals surface area contributed by atoms with E-state index in [0.717, 1.165) is 79.4 Å². The summed E-state index contributed by atoms with van der Waals surface area (Å²) >= 11 is 0. The van der Waals surface area contributed by atoms with Crippen LogP contribution in [0.1, 0.15) is 50.2 Å². The van der Waals surface area contributed by atoms with Crippen LogP contribution in [0.4, 0.5) is 0 Å². The zero-order valence-corrected chi connectivity index (χ0v) is 36.5. The summed E-state index contributed by atoms with van der Waals surface area (Å²) < 4.78 is 32.2. The molecule has 0 spiro atoms. The Morgan fingerprint density at radius 2 is 0.953 bits per heavy atom. The molecular formula is C54H50N2O8. The van der Waals surface area contributed by atoms with E-state index in [1.807, 2.05) is 152 Å².